The minimum atomic E-state index is -0.0731. The summed E-state index contributed by atoms with van der Waals surface area (Å²) in [5.41, 5.74) is 10.5. The first-order valence-corrected chi connectivity index (χ1v) is 9.14. The molecule has 0 bridgehead atoms. The number of benzene rings is 1. The lowest BCUT2D eigenvalue weighted by molar-refractivity contribution is 0.0827. The number of hydrogen-bond acceptors (Lipinski definition) is 9. The van der Waals surface area contributed by atoms with Crippen LogP contribution in [0.25, 0.3) is 34.4 Å². The number of hydrogen-bond donors (Lipinski definition) is 1. The van der Waals surface area contributed by atoms with E-state index in [-0.39, 0.29) is 26.4 Å². The molecule has 0 aliphatic carbocycles. The van der Waals surface area contributed by atoms with Gasteiger partial charge in [0, 0.05) is 33.5 Å². The maximum Gasteiger partial charge on any atom is 0.270 e. The van der Waals surface area contributed by atoms with Gasteiger partial charge in [-0.25, -0.2) is 15.0 Å². The standard InChI is InChI=1S/C18H15N7O2S.2H2/c1-25(2)18(26)11-5-3-10(4-6-11)12-7-20-15(19)14(22-12)17-24-23-16(27-17)13-8-28-9-21-13;;/h3-9H,1-2H3,(H2,19,20);2*1H. The Bertz CT molecular complexity index is 1130. The highest BCUT2D eigenvalue weighted by Crippen LogP contribution is 2.27. The lowest BCUT2D eigenvalue weighted by atomic mass is 10.1. The summed E-state index contributed by atoms with van der Waals surface area (Å²) in [7, 11) is 3.41. The quantitative estimate of drug-likeness (QED) is 0.557. The first-order chi connectivity index (χ1) is 13.5. The Morgan fingerprint density at radius 1 is 1.11 bits per heavy atom. The van der Waals surface area contributed by atoms with Crippen molar-refractivity contribution in [1.82, 2.24) is 30.0 Å². The smallest absolute Gasteiger partial charge is 0.270 e. The molecule has 0 atom stereocenters. The number of carbonyl (C=O) groups is 1. The van der Waals surface area contributed by atoms with E-state index in [4.69, 9.17) is 10.2 Å². The molecule has 0 saturated heterocycles. The van der Waals surface area contributed by atoms with Crippen LogP contribution in [0.15, 0.2) is 45.8 Å². The van der Waals surface area contributed by atoms with Crippen LogP contribution in [-0.2, 0) is 0 Å². The molecule has 9 nitrogen and oxygen atoms in total. The van der Waals surface area contributed by atoms with Crippen molar-refractivity contribution in [1.29, 1.82) is 0 Å². The second-order valence-corrected chi connectivity index (χ2v) is 6.77. The zero-order chi connectivity index (χ0) is 19.7. The molecule has 4 rings (SSSR count). The van der Waals surface area contributed by atoms with Crippen LogP contribution in [0.3, 0.4) is 0 Å². The van der Waals surface area contributed by atoms with Crippen LogP contribution in [0, 0.1) is 0 Å². The van der Waals surface area contributed by atoms with Gasteiger partial charge in [0.05, 0.1) is 17.4 Å². The third kappa shape index (κ3) is 3.32. The number of thiazole rings is 1. The Morgan fingerprint density at radius 2 is 1.86 bits per heavy atom. The van der Waals surface area contributed by atoms with Crippen molar-refractivity contribution >= 4 is 23.1 Å². The first-order valence-electron chi connectivity index (χ1n) is 8.20. The normalized spacial score (nSPS) is 10.8. The molecular formula is C18H19N7O2S. The maximum atomic E-state index is 12.0. The van der Waals surface area contributed by atoms with Gasteiger partial charge in [0.25, 0.3) is 17.7 Å². The summed E-state index contributed by atoms with van der Waals surface area (Å²) in [6.07, 6.45) is 1.55. The van der Waals surface area contributed by atoms with Crippen molar-refractivity contribution in [3.8, 4) is 34.4 Å². The molecule has 2 N–H and O–H groups in total. The minimum Gasteiger partial charge on any atom is -0.413 e. The number of anilines is 1. The number of nitrogen functional groups attached to an aromatic ring is 1. The molecule has 0 radical (unpaired) electrons. The predicted octanol–water partition coefficient (Wildman–Crippen LogP) is 3.09. The van der Waals surface area contributed by atoms with E-state index in [1.54, 1.807) is 55.4 Å². The summed E-state index contributed by atoms with van der Waals surface area (Å²) >= 11 is 1.43. The van der Waals surface area contributed by atoms with Crippen LogP contribution >= 0.6 is 11.3 Å². The number of carbonyl (C=O) groups excluding carboxylic acids is 1. The van der Waals surface area contributed by atoms with Gasteiger partial charge in [-0.2, -0.15) is 0 Å². The second kappa shape index (κ2) is 7.16. The summed E-state index contributed by atoms with van der Waals surface area (Å²) in [5.74, 6) is 0.552. The van der Waals surface area contributed by atoms with Crippen molar-refractivity contribution in [2.75, 3.05) is 19.8 Å². The van der Waals surface area contributed by atoms with Crippen molar-refractivity contribution in [2.45, 2.75) is 0 Å². The molecule has 3 aromatic heterocycles. The van der Waals surface area contributed by atoms with Crippen LogP contribution < -0.4 is 5.73 Å². The van der Waals surface area contributed by atoms with E-state index < -0.39 is 0 Å². The zero-order valence-corrected chi connectivity index (χ0v) is 15.8. The molecule has 10 heteroatoms. The summed E-state index contributed by atoms with van der Waals surface area (Å²) in [5, 5.41) is 9.80. The number of nitrogens with zero attached hydrogens (tertiary/aromatic N) is 6. The molecule has 0 unspecified atom stereocenters. The van der Waals surface area contributed by atoms with Gasteiger partial charge in [0.2, 0.25) is 0 Å². The van der Waals surface area contributed by atoms with E-state index in [1.165, 1.54) is 16.2 Å². The van der Waals surface area contributed by atoms with Crippen molar-refractivity contribution in [3.05, 3.63) is 46.9 Å². The van der Waals surface area contributed by atoms with Gasteiger partial charge in [-0.1, -0.05) is 12.1 Å². The molecule has 0 aliphatic heterocycles. The molecule has 28 heavy (non-hydrogen) atoms. The monoisotopic (exact) mass is 397 g/mol. The van der Waals surface area contributed by atoms with Gasteiger partial charge in [-0.05, 0) is 12.1 Å². The predicted molar refractivity (Wildman–Crippen MR) is 109 cm³/mol. The Kier molecular flexibility index (Phi) is 4.53. The topological polar surface area (TPSA) is 124 Å². The number of rotatable bonds is 4. The van der Waals surface area contributed by atoms with E-state index in [0.717, 1.165) is 5.56 Å². The molecule has 0 fully saturated rings. The molecule has 3 heterocycles. The van der Waals surface area contributed by atoms with Gasteiger partial charge in [-0.15, -0.1) is 21.5 Å². The molecule has 144 valence electrons. The Labute approximate surface area is 166 Å². The summed E-state index contributed by atoms with van der Waals surface area (Å²) < 4.78 is 5.65. The average molecular weight is 397 g/mol. The summed E-state index contributed by atoms with van der Waals surface area (Å²) in [4.78, 5) is 26.4. The fraction of sp³-hybridized carbons (Fsp3) is 0.111. The molecule has 0 aliphatic rings. The number of aromatic nitrogens is 5. The maximum absolute atomic E-state index is 12.0. The van der Waals surface area contributed by atoms with E-state index in [9.17, 15) is 4.79 Å². The van der Waals surface area contributed by atoms with E-state index in [0.29, 0.717) is 22.6 Å². The van der Waals surface area contributed by atoms with Crippen LogP contribution in [0.2, 0.25) is 0 Å². The van der Waals surface area contributed by atoms with E-state index in [1.807, 2.05) is 0 Å². The van der Waals surface area contributed by atoms with Gasteiger partial charge in [-0.3, -0.25) is 4.79 Å². The molecular weight excluding hydrogens is 378 g/mol. The molecule has 1 aromatic carbocycles. The van der Waals surface area contributed by atoms with Crippen molar-refractivity contribution < 1.29 is 12.1 Å². The van der Waals surface area contributed by atoms with E-state index in [2.05, 4.69) is 25.1 Å². The van der Waals surface area contributed by atoms with Crippen LogP contribution in [0.1, 0.15) is 13.2 Å². The Balaban J connectivity index is 0.00000160. The van der Waals surface area contributed by atoms with Crippen LogP contribution in [-0.4, -0.2) is 50.1 Å². The third-order valence-corrected chi connectivity index (χ3v) is 4.50. The summed E-state index contributed by atoms with van der Waals surface area (Å²) in [6, 6.07) is 7.08. The second-order valence-electron chi connectivity index (χ2n) is 6.05. The first kappa shape index (κ1) is 17.7. The zero-order valence-electron chi connectivity index (χ0n) is 15.0. The average Bonchev–Trinajstić information content (AvgIpc) is 3.39. The highest BCUT2D eigenvalue weighted by Gasteiger charge is 2.17. The third-order valence-electron chi connectivity index (χ3n) is 3.91. The molecule has 0 saturated carbocycles. The Hall–Kier alpha value is -3.66. The number of nitrogens with two attached hydrogens (primary N) is 1. The lowest BCUT2D eigenvalue weighted by Crippen LogP contribution is -2.21. The van der Waals surface area contributed by atoms with Crippen LogP contribution in [0.4, 0.5) is 5.82 Å². The highest BCUT2D eigenvalue weighted by atomic mass is 32.1. The highest BCUT2D eigenvalue weighted by molar-refractivity contribution is 7.07. The molecule has 1 amide bonds. The van der Waals surface area contributed by atoms with Gasteiger partial charge < -0.3 is 15.1 Å². The van der Waals surface area contributed by atoms with E-state index >= 15 is 0 Å². The minimum absolute atomic E-state index is 0. The molecule has 4 aromatic rings. The van der Waals surface area contributed by atoms with Gasteiger partial charge in [0.15, 0.2) is 11.5 Å². The van der Waals surface area contributed by atoms with Crippen molar-refractivity contribution in [2.24, 2.45) is 0 Å². The van der Waals surface area contributed by atoms with Crippen LogP contribution in [0.5, 0.6) is 0 Å². The SMILES string of the molecule is CN(C)C(=O)c1ccc(-c2cnc(N)c(-c3nnc(-c4cscn4)o3)n2)cc1.[HH].[HH]. The van der Waals surface area contributed by atoms with Gasteiger partial charge in [0.1, 0.15) is 5.69 Å². The Morgan fingerprint density at radius 3 is 2.54 bits per heavy atom. The molecule has 0 spiro atoms. The van der Waals surface area contributed by atoms with Crippen molar-refractivity contribution in [3.63, 3.8) is 0 Å². The lowest BCUT2D eigenvalue weighted by Gasteiger charge is -2.10. The fourth-order valence-electron chi connectivity index (χ4n) is 2.48. The largest absolute Gasteiger partial charge is 0.413 e. The summed E-state index contributed by atoms with van der Waals surface area (Å²) in [6.45, 7) is 0. The number of amides is 1. The fourth-order valence-corrected chi connectivity index (χ4v) is 3.00. The van der Waals surface area contributed by atoms with Gasteiger partial charge >= 0.3 is 0 Å².